The number of nitrogens with zero attached hydrogens (tertiary/aromatic N) is 5. The van der Waals surface area contributed by atoms with Crippen LogP contribution in [0.25, 0.3) is 0 Å². The van der Waals surface area contributed by atoms with E-state index < -0.39 is 0 Å². The van der Waals surface area contributed by atoms with Crippen LogP contribution in [0.1, 0.15) is 24.1 Å². The number of hydrogen-bond acceptors (Lipinski definition) is 9. The molecule has 2 aromatic heterocycles. The van der Waals surface area contributed by atoms with Crippen molar-refractivity contribution >= 4 is 35.1 Å². The first-order valence-electron chi connectivity index (χ1n) is 9.94. The third kappa shape index (κ3) is 6.36. The van der Waals surface area contributed by atoms with E-state index >= 15 is 0 Å². The van der Waals surface area contributed by atoms with Crippen LogP contribution in [0.5, 0.6) is 11.5 Å². The molecule has 0 aliphatic rings. The lowest BCUT2D eigenvalue weighted by Gasteiger charge is -2.10. The number of carbonyl (C=O) groups excluding carboxylic acids is 1. The minimum atomic E-state index is -0.157. The van der Waals surface area contributed by atoms with Gasteiger partial charge in [0.15, 0.2) is 10.3 Å². The first-order chi connectivity index (χ1) is 15.4. The van der Waals surface area contributed by atoms with E-state index in [1.54, 1.807) is 32.4 Å². The zero-order valence-electron chi connectivity index (χ0n) is 18.7. The van der Waals surface area contributed by atoms with Crippen LogP contribution in [0.4, 0.5) is 5.69 Å². The fourth-order valence-electron chi connectivity index (χ4n) is 2.94. The number of thioether (sulfide) groups is 2. The Kier molecular flexibility index (Phi) is 8.34. The molecule has 0 aliphatic carbocycles. The van der Waals surface area contributed by atoms with Crippen LogP contribution in [-0.4, -0.2) is 50.6 Å². The van der Waals surface area contributed by atoms with Crippen molar-refractivity contribution in [3.8, 4) is 11.5 Å². The van der Waals surface area contributed by atoms with Gasteiger partial charge in [-0.05, 0) is 26.8 Å². The van der Waals surface area contributed by atoms with E-state index in [4.69, 9.17) is 9.47 Å². The molecule has 11 heteroatoms. The van der Waals surface area contributed by atoms with Crippen LogP contribution in [0, 0.1) is 13.8 Å². The second-order valence-electron chi connectivity index (χ2n) is 6.80. The lowest BCUT2D eigenvalue weighted by molar-refractivity contribution is -0.113. The van der Waals surface area contributed by atoms with Gasteiger partial charge in [-0.25, -0.2) is 9.97 Å². The molecule has 32 heavy (non-hydrogen) atoms. The monoisotopic (exact) mass is 474 g/mol. The SMILES string of the molecule is CCn1c(CSc2nc(C)cc(C)n2)nnc1SCC(=O)Nc1cc(OC)cc(OC)c1. The molecule has 0 atom stereocenters. The fourth-order valence-corrected chi connectivity index (χ4v) is 4.65. The summed E-state index contributed by atoms with van der Waals surface area (Å²) < 4.78 is 12.5. The molecular weight excluding hydrogens is 448 g/mol. The number of rotatable bonds is 10. The van der Waals surface area contributed by atoms with Gasteiger partial charge in [-0.3, -0.25) is 4.79 Å². The maximum absolute atomic E-state index is 12.5. The van der Waals surface area contributed by atoms with Gasteiger partial charge in [0.25, 0.3) is 0 Å². The van der Waals surface area contributed by atoms with Gasteiger partial charge in [0, 0.05) is 41.8 Å². The second kappa shape index (κ2) is 11.2. The van der Waals surface area contributed by atoms with Crippen molar-refractivity contribution in [2.24, 2.45) is 0 Å². The molecular formula is C21H26N6O3S2. The summed E-state index contributed by atoms with van der Waals surface area (Å²) in [7, 11) is 3.13. The molecule has 2 heterocycles. The maximum atomic E-state index is 12.5. The van der Waals surface area contributed by atoms with Crippen molar-refractivity contribution in [2.75, 3.05) is 25.3 Å². The van der Waals surface area contributed by atoms with E-state index in [-0.39, 0.29) is 11.7 Å². The van der Waals surface area contributed by atoms with E-state index in [1.165, 1.54) is 23.5 Å². The zero-order valence-corrected chi connectivity index (χ0v) is 20.3. The summed E-state index contributed by atoms with van der Waals surface area (Å²) in [5.41, 5.74) is 2.48. The van der Waals surface area contributed by atoms with Gasteiger partial charge >= 0.3 is 0 Å². The molecule has 1 aromatic carbocycles. The number of anilines is 1. The third-order valence-corrected chi connectivity index (χ3v) is 6.18. The summed E-state index contributed by atoms with van der Waals surface area (Å²) in [5.74, 6) is 2.67. The molecule has 3 rings (SSSR count). The van der Waals surface area contributed by atoms with Gasteiger partial charge in [-0.2, -0.15) is 0 Å². The molecule has 0 bridgehead atoms. The molecule has 1 amide bonds. The smallest absolute Gasteiger partial charge is 0.234 e. The molecule has 0 radical (unpaired) electrons. The maximum Gasteiger partial charge on any atom is 0.234 e. The van der Waals surface area contributed by atoms with Gasteiger partial charge in [0.1, 0.15) is 17.3 Å². The standard InChI is InChI=1S/C21H26N6O3S2/c1-6-27-18(11-31-20-22-13(2)7-14(3)23-20)25-26-21(27)32-12-19(28)24-15-8-16(29-4)10-17(9-15)30-5/h7-10H,6,11-12H2,1-5H3,(H,24,28). The van der Waals surface area contributed by atoms with Gasteiger partial charge in [-0.1, -0.05) is 23.5 Å². The zero-order chi connectivity index (χ0) is 23.1. The Morgan fingerprint density at radius 1 is 1.00 bits per heavy atom. The van der Waals surface area contributed by atoms with Gasteiger partial charge in [0.2, 0.25) is 5.91 Å². The predicted octanol–water partition coefficient (Wildman–Crippen LogP) is 3.75. The Balaban J connectivity index is 1.60. The average molecular weight is 475 g/mol. The molecule has 0 saturated carbocycles. The molecule has 3 aromatic rings. The van der Waals surface area contributed by atoms with Crippen molar-refractivity contribution in [3.05, 3.63) is 41.5 Å². The number of carbonyl (C=O) groups is 1. The van der Waals surface area contributed by atoms with Crippen molar-refractivity contribution in [1.29, 1.82) is 0 Å². The number of hydrogen-bond donors (Lipinski definition) is 1. The van der Waals surface area contributed by atoms with E-state index in [0.29, 0.717) is 34.6 Å². The highest BCUT2D eigenvalue weighted by Crippen LogP contribution is 2.27. The number of aromatic nitrogens is 5. The Labute approximate surface area is 195 Å². The number of nitrogens with one attached hydrogen (secondary N) is 1. The van der Waals surface area contributed by atoms with Gasteiger partial charge < -0.3 is 19.4 Å². The Morgan fingerprint density at radius 3 is 2.25 bits per heavy atom. The number of aryl methyl sites for hydroxylation is 2. The quantitative estimate of drug-likeness (QED) is 0.347. The lowest BCUT2D eigenvalue weighted by Crippen LogP contribution is -2.15. The normalized spacial score (nSPS) is 10.8. The largest absolute Gasteiger partial charge is 0.497 e. The predicted molar refractivity (Wildman–Crippen MR) is 126 cm³/mol. The molecule has 0 fully saturated rings. The molecule has 0 aliphatic heterocycles. The summed E-state index contributed by atoms with van der Waals surface area (Å²) in [6.07, 6.45) is 0. The van der Waals surface area contributed by atoms with Crippen LogP contribution in [0.15, 0.2) is 34.6 Å². The average Bonchev–Trinajstić information content (AvgIpc) is 3.17. The highest BCUT2D eigenvalue weighted by atomic mass is 32.2. The Bertz CT molecular complexity index is 1050. The highest BCUT2D eigenvalue weighted by Gasteiger charge is 2.15. The highest BCUT2D eigenvalue weighted by molar-refractivity contribution is 7.99. The first-order valence-corrected chi connectivity index (χ1v) is 11.9. The Hall–Kier alpha value is -2.79. The summed E-state index contributed by atoms with van der Waals surface area (Å²) in [6.45, 7) is 6.63. The minimum absolute atomic E-state index is 0.157. The summed E-state index contributed by atoms with van der Waals surface area (Å²) in [5, 5.41) is 12.9. The van der Waals surface area contributed by atoms with Crippen LogP contribution < -0.4 is 14.8 Å². The van der Waals surface area contributed by atoms with Crippen molar-refractivity contribution in [1.82, 2.24) is 24.7 Å². The van der Waals surface area contributed by atoms with Crippen molar-refractivity contribution < 1.29 is 14.3 Å². The number of methoxy groups -OCH3 is 2. The summed E-state index contributed by atoms with van der Waals surface area (Å²) in [4.78, 5) is 21.4. The molecule has 170 valence electrons. The molecule has 0 unspecified atom stereocenters. The lowest BCUT2D eigenvalue weighted by atomic mass is 10.2. The van der Waals surface area contributed by atoms with Gasteiger partial charge in [-0.15, -0.1) is 10.2 Å². The summed E-state index contributed by atoms with van der Waals surface area (Å²) in [6, 6.07) is 7.17. The van der Waals surface area contributed by atoms with Crippen LogP contribution in [0.3, 0.4) is 0 Å². The molecule has 9 nitrogen and oxygen atoms in total. The number of benzene rings is 1. The van der Waals surface area contributed by atoms with Crippen molar-refractivity contribution in [3.63, 3.8) is 0 Å². The first kappa shape index (κ1) is 23.9. The number of ether oxygens (including phenoxy) is 2. The van der Waals surface area contributed by atoms with Crippen LogP contribution in [-0.2, 0) is 17.1 Å². The van der Waals surface area contributed by atoms with Crippen molar-refractivity contribution in [2.45, 2.75) is 43.4 Å². The van der Waals surface area contributed by atoms with Crippen LogP contribution in [0.2, 0.25) is 0 Å². The van der Waals surface area contributed by atoms with E-state index in [1.807, 2.05) is 31.4 Å². The minimum Gasteiger partial charge on any atom is -0.497 e. The summed E-state index contributed by atoms with van der Waals surface area (Å²) >= 11 is 2.86. The second-order valence-corrected chi connectivity index (χ2v) is 8.69. The number of amides is 1. The molecule has 0 saturated heterocycles. The topological polar surface area (TPSA) is 104 Å². The van der Waals surface area contributed by atoms with E-state index in [9.17, 15) is 4.79 Å². The fraction of sp³-hybridized carbons (Fsp3) is 0.381. The van der Waals surface area contributed by atoms with E-state index in [2.05, 4.69) is 25.5 Å². The molecule has 1 N–H and O–H groups in total. The Morgan fingerprint density at radius 2 is 1.66 bits per heavy atom. The van der Waals surface area contributed by atoms with Gasteiger partial charge in [0.05, 0.1) is 25.7 Å². The van der Waals surface area contributed by atoms with Crippen LogP contribution >= 0.6 is 23.5 Å². The third-order valence-electron chi connectivity index (χ3n) is 4.37. The van der Waals surface area contributed by atoms with E-state index in [0.717, 1.165) is 22.4 Å². The molecule has 0 spiro atoms.